The van der Waals surface area contributed by atoms with Gasteiger partial charge < -0.3 is 10.1 Å². The van der Waals surface area contributed by atoms with E-state index in [2.05, 4.69) is 10.3 Å². The van der Waals surface area contributed by atoms with E-state index in [1.807, 2.05) is 32.9 Å². The van der Waals surface area contributed by atoms with Crippen LogP contribution in [-0.2, 0) is 18.2 Å². The number of hydrogen-bond donors (Lipinski definition) is 1. The number of hydrogen-bond acceptors (Lipinski definition) is 6. The Morgan fingerprint density at radius 2 is 2.03 bits per heavy atom. The molecular weight excluding hydrogens is 392 g/mol. The molecule has 1 atom stereocenters. The first-order valence-electron chi connectivity index (χ1n) is 9.28. The van der Waals surface area contributed by atoms with Gasteiger partial charge in [0.2, 0.25) is 0 Å². The van der Waals surface area contributed by atoms with Crippen LogP contribution < -0.4 is 10.9 Å². The molecule has 3 rings (SSSR count). The average molecular weight is 415 g/mol. The van der Waals surface area contributed by atoms with E-state index in [0.29, 0.717) is 28.8 Å². The zero-order valence-electron chi connectivity index (χ0n) is 17.0. The summed E-state index contributed by atoms with van der Waals surface area (Å²) in [4.78, 5) is 33.7. The summed E-state index contributed by atoms with van der Waals surface area (Å²) in [7, 11) is 3.03. The van der Waals surface area contributed by atoms with Crippen molar-refractivity contribution in [2.45, 2.75) is 33.2 Å². The van der Waals surface area contributed by atoms with E-state index >= 15 is 0 Å². The monoisotopic (exact) mass is 414 g/mol. The summed E-state index contributed by atoms with van der Waals surface area (Å²) in [6.45, 7) is 5.84. The van der Waals surface area contributed by atoms with Crippen molar-refractivity contribution in [2.24, 2.45) is 7.05 Å². The van der Waals surface area contributed by atoms with Crippen LogP contribution >= 0.6 is 11.6 Å². The molecule has 1 N–H and O–H groups in total. The summed E-state index contributed by atoms with van der Waals surface area (Å²) in [5.74, 6) is 0.125. The van der Waals surface area contributed by atoms with Gasteiger partial charge in [0.05, 0.1) is 29.7 Å². The lowest BCUT2D eigenvalue weighted by atomic mass is 10.0. The zero-order valence-corrected chi connectivity index (χ0v) is 17.8. The van der Waals surface area contributed by atoms with Crippen LogP contribution in [0.25, 0.3) is 10.9 Å². The molecule has 0 spiro atoms. The fourth-order valence-corrected chi connectivity index (χ4v) is 3.51. The lowest BCUT2D eigenvalue weighted by molar-refractivity contribution is 0.0595. The van der Waals surface area contributed by atoms with Gasteiger partial charge in [-0.25, -0.2) is 14.8 Å². The molecule has 0 saturated carbocycles. The summed E-state index contributed by atoms with van der Waals surface area (Å²) in [5, 5.41) is 4.05. The molecule has 0 aliphatic rings. The van der Waals surface area contributed by atoms with Crippen LogP contribution in [0.1, 0.15) is 47.3 Å². The van der Waals surface area contributed by atoms with Crippen molar-refractivity contribution in [2.75, 3.05) is 12.4 Å². The number of halogens is 1. The first kappa shape index (κ1) is 20.8. The van der Waals surface area contributed by atoms with Crippen LogP contribution in [0.5, 0.6) is 0 Å². The molecule has 2 heterocycles. The van der Waals surface area contributed by atoms with E-state index in [1.165, 1.54) is 7.11 Å². The number of nitrogens with one attached hydrogen (secondary N) is 1. The molecule has 0 aliphatic heterocycles. The maximum atomic E-state index is 12.8. The van der Waals surface area contributed by atoms with Gasteiger partial charge in [0.25, 0.3) is 5.56 Å². The van der Waals surface area contributed by atoms with Gasteiger partial charge in [-0.15, -0.1) is 0 Å². The topological polar surface area (TPSA) is 86.1 Å². The Hall–Kier alpha value is -2.93. The summed E-state index contributed by atoms with van der Waals surface area (Å²) in [5.41, 5.74) is 2.97. The van der Waals surface area contributed by atoms with E-state index in [4.69, 9.17) is 21.3 Å². The number of fused-ring (bicyclic) bond motifs is 1. The average Bonchev–Trinajstić information content (AvgIpc) is 2.71. The number of ether oxygens (including phenoxy) is 1. The molecule has 1 aromatic carbocycles. The number of carbonyl (C=O) groups is 1. The number of aromatic nitrogens is 3. The van der Waals surface area contributed by atoms with Crippen molar-refractivity contribution in [3.05, 3.63) is 62.4 Å². The number of esters is 1. The molecule has 0 aliphatic carbocycles. The van der Waals surface area contributed by atoms with Gasteiger partial charge in [0, 0.05) is 19.0 Å². The molecule has 0 radical (unpaired) electrons. The summed E-state index contributed by atoms with van der Waals surface area (Å²) in [6, 6.07) is 6.87. The molecule has 0 fully saturated rings. The Kier molecular flexibility index (Phi) is 5.88. The maximum absolute atomic E-state index is 12.8. The number of rotatable bonds is 5. The number of nitrogens with zero attached hydrogens (tertiary/aromatic N) is 3. The predicted molar refractivity (Wildman–Crippen MR) is 114 cm³/mol. The minimum absolute atomic E-state index is 0.0765. The van der Waals surface area contributed by atoms with Crippen molar-refractivity contribution >= 4 is 34.2 Å². The number of carbonyl (C=O) groups excluding carboxylic acids is 1. The van der Waals surface area contributed by atoms with Crippen molar-refractivity contribution in [1.29, 1.82) is 0 Å². The highest BCUT2D eigenvalue weighted by molar-refractivity contribution is 6.29. The van der Waals surface area contributed by atoms with Gasteiger partial charge in [0.1, 0.15) is 11.0 Å². The largest absolute Gasteiger partial charge is 0.464 e. The molecule has 29 heavy (non-hydrogen) atoms. The highest BCUT2D eigenvalue weighted by Gasteiger charge is 2.20. The highest BCUT2D eigenvalue weighted by Crippen LogP contribution is 2.28. The number of aryl methyl sites for hydroxylation is 2. The van der Waals surface area contributed by atoms with Gasteiger partial charge in [-0.05, 0) is 37.6 Å². The second-order valence-electron chi connectivity index (χ2n) is 6.88. The van der Waals surface area contributed by atoms with Crippen LogP contribution in [0.15, 0.2) is 29.1 Å². The van der Waals surface area contributed by atoms with Crippen LogP contribution in [0.3, 0.4) is 0 Å². The highest BCUT2D eigenvalue weighted by atomic mass is 35.5. The lowest BCUT2D eigenvalue weighted by Gasteiger charge is -2.20. The third-order valence-corrected chi connectivity index (χ3v) is 5.05. The van der Waals surface area contributed by atoms with Crippen LogP contribution in [0, 0.1) is 6.92 Å². The zero-order chi connectivity index (χ0) is 21.3. The number of pyridine rings is 1. The van der Waals surface area contributed by atoms with E-state index < -0.39 is 5.97 Å². The molecule has 3 aromatic rings. The third-order valence-electron chi connectivity index (χ3n) is 4.84. The minimum Gasteiger partial charge on any atom is -0.464 e. The number of anilines is 1. The molecular formula is C21H23ClN4O3. The Bertz CT molecular complexity index is 1160. The first-order valence-corrected chi connectivity index (χ1v) is 9.66. The van der Waals surface area contributed by atoms with Crippen molar-refractivity contribution in [3.63, 3.8) is 0 Å². The molecule has 0 bridgehead atoms. The molecule has 8 heteroatoms. The third kappa shape index (κ3) is 3.96. The molecule has 152 valence electrons. The van der Waals surface area contributed by atoms with Gasteiger partial charge in [-0.2, -0.15) is 0 Å². The lowest BCUT2D eigenvalue weighted by Crippen LogP contribution is -2.23. The van der Waals surface area contributed by atoms with Gasteiger partial charge in [-0.1, -0.05) is 24.6 Å². The molecule has 0 amide bonds. The van der Waals surface area contributed by atoms with Crippen LogP contribution in [0.4, 0.5) is 5.69 Å². The maximum Gasteiger partial charge on any atom is 0.358 e. The fourth-order valence-electron chi connectivity index (χ4n) is 3.36. The molecule has 0 saturated heterocycles. The van der Waals surface area contributed by atoms with Crippen LogP contribution in [-0.4, -0.2) is 27.6 Å². The predicted octanol–water partition coefficient (Wildman–Crippen LogP) is 3.81. The number of methoxy groups -OCH3 is 1. The van der Waals surface area contributed by atoms with E-state index in [9.17, 15) is 9.59 Å². The van der Waals surface area contributed by atoms with Crippen LogP contribution in [0.2, 0.25) is 5.15 Å². The fraction of sp³-hybridized carbons (Fsp3) is 0.333. The summed E-state index contributed by atoms with van der Waals surface area (Å²) in [6.07, 6.45) is 0.643. The van der Waals surface area contributed by atoms with Gasteiger partial charge >= 0.3 is 5.97 Å². The Morgan fingerprint density at radius 3 is 2.69 bits per heavy atom. The Balaban J connectivity index is 2.13. The van der Waals surface area contributed by atoms with Gasteiger partial charge in [0.15, 0.2) is 5.69 Å². The van der Waals surface area contributed by atoms with E-state index in [1.54, 1.807) is 23.7 Å². The van der Waals surface area contributed by atoms with E-state index in [-0.39, 0.29) is 22.4 Å². The Labute approximate surface area is 173 Å². The second kappa shape index (κ2) is 8.21. The summed E-state index contributed by atoms with van der Waals surface area (Å²) < 4.78 is 6.40. The smallest absolute Gasteiger partial charge is 0.358 e. The SMILES string of the molecule is CCc1nc2c([C@@H](C)Nc3ccc(Cl)nc3C(=O)OC)cc(C)cc2c(=O)n1C. The quantitative estimate of drug-likeness (QED) is 0.504. The van der Waals surface area contributed by atoms with Crippen molar-refractivity contribution < 1.29 is 9.53 Å². The summed E-state index contributed by atoms with van der Waals surface area (Å²) >= 11 is 5.94. The standard InChI is InChI=1S/C21H23ClN4O3/c1-6-17-25-18-13(9-11(2)10-14(18)20(27)26(17)4)12(3)23-15-7-8-16(22)24-19(15)21(28)29-5/h7-10,12,23H,6H2,1-5H3/t12-/m1/s1. The van der Waals surface area contributed by atoms with Gasteiger partial charge in [-0.3, -0.25) is 9.36 Å². The van der Waals surface area contributed by atoms with E-state index in [0.717, 1.165) is 11.1 Å². The van der Waals surface area contributed by atoms with Crippen molar-refractivity contribution in [1.82, 2.24) is 14.5 Å². The molecule has 0 unspecified atom stereocenters. The van der Waals surface area contributed by atoms with Crippen molar-refractivity contribution in [3.8, 4) is 0 Å². The minimum atomic E-state index is -0.587. The first-order chi connectivity index (χ1) is 13.8. The molecule has 2 aromatic heterocycles. The Morgan fingerprint density at radius 1 is 1.31 bits per heavy atom. The normalized spacial score (nSPS) is 12.1. The second-order valence-corrected chi connectivity index (χ2v) is 7.27. The molecule has 7 nitrogen and oxygen atoms in total. The number of benzene rings is 1.